The van der Waals surface area contributed by atoms with Crippen molar-refractivity contribution in [3.05, 3.63) is 0 Å². The third-order valence-corrected chi connectivity index (χ3v) is 3.30. The van der Waals surface area contributed by atoms with Crippen molar-refractivity contribution in [2.45, 2.75) is 45.1 Å². The minimum atomic E-state index is -0.942. The topological polar surface area (TPSA) is 98.7 Å². The Morgan fingerprint density at radius 3 is 2.65 bits per heavy atom. The summed E-state index contributed by atoms with van der Waals surface area (Å²) in [6, 6.07) is -0.375. The largest absolute Gasteiger partial charge is 0.481 e. The Morgan fingerprint density at radius 1 is 1.25 bits per heavy atom. The summed E-state index contributed by atoms with van der Waals surface area (Å²) in [5.74, 6) is -0.995. The standard InChI is InChI=1S/C13H23N3O4/c1-2-14-11(17)9-10-5-3-4-8-16(10)13(20)15-7-6-12(18)19/h10H,2-9H2,1H3,(H,14,17)(H,15,20)(H,18,19). The van der Waals surface area contributed by atoms with Crippen LogP contribution < -0.4 is 10.6 Å². The Kier molecular flexibility index (Phi) is 6.83. The molecular weight excluding hydrogens is 262 g/mol. The molecule has 0 saturated carbocycles. The number of aliphatic carboxylic acids is 1. The number of carbonyl (C=O) groups is 3. The van der Waals surface area contributed by atoms with Gasteiger partial charge in [-0.3, -0.25) is 9.59 Å². The number of piperidine rings is 1. The summed E-state index contributed by atoms with van der Waals surface area (Å²) < 4.78 is 0. The first-order valence-electron chi connectivity index (χ1n) is 7.07. The fourth-order valence-corrected chi connectivity index (χ4v) is 2.34. The van der Waals surface area contributed by atoms with Crippen molar-refractivity contribution in [2.24, 2.45) is 0 Å². The highest BCUT2D eigenvalue weighted by atomic mass is 16.4. The van der Waals surface area contributed by atoms with Crippen LogP contribution in [-0.2, 0) is 9.59 Å². The Bertz CT molecular complexity index is 360. The lowest BCUT2D eigenvalue weighted by atomic mass is 9.99. The van der Waals surface area contributed by atoms with Gasteiger partial charge in [-0.05, 0) is 26.2 Å². The monoisotopic (exact) mass is 285 g/mol. The first-order valence-corrected chi connectivity index (χ1v) is 7.07. The molecule has 7 nitrogen and oxygen atoms in total. The van der Waals surface area contributed by atoms with Crippen LogP contribution in [0.4, 0.5) is 4.79 Å². The van der Waals surface area contributed by atoms with Crippen LogP contribution in [0.2, 0.25) is 0 Å². The van der Waals surface area contributed by atoms with Gasteiger partial charge in [0, 0.05) is 32.1 Å². The molecule has 3 amide bonds. The third kappa shape index (κ3) is 5.46. The molecule has 1 atom stereocenters. The summed E-state index contributed by atoms with van der Waals surface area (Å²) in [6.45, 7) is 3.16. The summed E-state index contributed by atoms with van der Waals surface area (Å²) in [7, 11) is 0. The Hall–Kier alpha value is -1.79. The quantitative estimate of drug-likeness (QED) is 0.663. The number of carboxylic acids is 1. The molecule has 0 radical (unpaired) electrons. The second-order valence-electron chi connectivity index (χ2n) is 4.88. The van der Waals surface area contributed by atoms with Gasteiger partial charge >= 0.3 is 12.0 Å². The second-order valence-corrected chi connectivity index (χ2v) is 4.88. The van der Waals surface area contributed by atoms with Gasteiger partial charge in [0.1, 0.15) is 0 Å². The van der Waals surface area contributed by atoms with E-state index in [-0.39, 0.29) is 30.9 Å². The molecule has 0 aliphatic carbocycles. The number of nitrogens with zero attached hydrogens (tertiary/aromatic N) is 1. The van der Waals surface area contributed by atoms with E-state index in [0.29, 0.717) is 19.5 Å². The number of likely N-dealkylation sites (tertiary alicyclic amines) is 1. The van der Waals surface area contributed by atoms with Crippen LogP contribution in [-0.4, -0.2) is 53.6 Å². The normalized spacial score (nSPS) is 18.4. The minimum absolute atomic E-state index is 0.0530. The lowest BCUT2D eigenvalue weighted by Crippen LogP contribution is -2.50. The predicted octanol–water partition coefficient (Wildman–Crippen LogP) is 0.551. The molecule has 0 aromatic rings. The molecule has 114 valence electrons. The van der Waals surface area contributed by atoms with Crippen LogP contribution in [0, 0.1) is 0 Å². The van der Waals surface area contributed by atoms with Gasteiger partial charge in [-0.15, -0.1) is 0 Å². The molecule has 7 heteroatoms. The molecular formula is C13H23N3O4. The van der Waals surface area contributed by atoms with Gasteiger partial charge in [0.2, 0.25) is 5.91 Å². The maximum absolute atomic E-state index is 12.0. The maximum Gasteiger partial charge on any atom is 0.317 e. The number of urea groups is 1. The first kappa shape index (κ1) is 16.3. The van der Waals surface area contributed by atoms with Gasteiger partial charge in [-0.2, -0.15) is 0 Å². The van der Waals surface area contributed by atoms with Gasteiger partial charge in [0.15, 0.2) is 0 Å². The molecule has 1 saturated heterocycles. The van der Waals surface area contributed by atoms with E-state index in [0.717, 1.165) is 19.3 Å². The zero-order valence-corrected chi connectivity index (χ0v) is 11.9. The minimum Gasteiger partial charge on any atom is -0.481 e. The second kappa shape index (κ2) is 8.39. The number of rotatable bonds is 6. The van der Waals surface area contributed by atoms with E-state index in [1.165, 1.54) is 0 Å². The summed E-state index contributed by atoms with van der Waals surface area (Å²) in [5.41, 5.74) is 0. The molecule has 0 spiro atoms. The molecule has 0 aromatic carbocycles. The van der Waals surface area contributed by atoms with Gasteiger partial charge in [0.05, 0.1) is 6.42 Å². The number of carbonyl (C=O) groups excluding carboxylic acids is 2. The molecule has 1 rings (SSSR count). The van der Waals surface area contributed by atoms with Crippen molar-refractivity contribution >= 4 is 17.9 Å². The fourth-order valence-electron chi connectivity index (χ4n) is 2.34. The van der Waals surface area contributed by atoms with Gasteiger partial charge in [0.25, 0.3) is 0 Å². The van der Waals surface area contributed by atoms with Crippen molar-refractivity contribution in [3.8, 4) is 0 Å². The molecule has 1 aliphatic rings. The fraction of sp³-hybridized carbons (Fsp3) is 0.769. The van der Waals surface area contributed by atoms with E-state index in [1.54, 1.807) is 4.90 Å². The average molecular weight is 285 g/mol. The average Bonchev–Trinajstić information content (AvgIpc) is 2.39. The molecule has 3 N–H and O–H groups in total. The Balaban J connectivity index is 2.48. The third-order valence-electron chi connectivity index (χ3n) is 3.30. The highest BCUT2D eigenvalue weighted by Gasteiger charge is 2.28. The van der Waals surface area contributed by atoms with Crippen molar-refractivity contribution in [2.75, 3.05) is 19.6 Å². The molecule has 20 heavy (non-hydrogen) atoms. The molecule has 0 bridgehead atoms. The Labute approximate surface area is 118 Å². The number of nitrogens with one attached hydrogen (secondary N) is 2. The molecule has 1 fully saturated rings. The highest BCUT2D eigenvalue weighted by Crippen LogP contribution is 2.19. The molecule has 1 aliphatic heterocycles. The van der Waals surface area contributed by atoms with Gasteiger partial charge in [-0.1, -0.05) is 0 Å². The van der Waals surface area contributed by atoms with Crippen molar-refractivity contribution in [3.63, 3.8) is 0 Å². The lowest BCUT2D eigenvalue weighted by molar-refractivity contribution is -0.136. The van der Waals surface area contributed by atoms with Crippen molar-refractivity contribution < 1.29 is 19.5 Å². The molecule has 1 heterocycles. The SMILES string of the molecule is CCNC(=O)CC1CCCCN1C(=O)NCCC(=O)O. The smallest absolute Gasteiger partial charge is 0.317 e. The maximum atomic E-state index is 12.0. The molecule has 0 aromatic heterocycles. The van der Waals surface area contributed by atoms with E-state index < -0.39 is 5.97 Å². The van der Waals surface area contributed by atoms with Crippen LogP contribution in [0.3, 0.4) is 0 Å². The Morgan fingerprint density at radius 2 is 2.00 bits per heavy atom. The van der Waals surface area contributed by atoms with E-state index in [4.69, 9.17) is 5.11 Å². The highest BCUT2D eigenvalue weighted by molar-refractivity contribution is 5.79. The van der Waals surface area contributed by atoms with Crippen LogP contribution >= 0.6 is 0 Å². The zero-order valence-electron chi connectivity index (χ0n) is 11.9. The summed E-state index contributed by atoms with van der Waals surface area (Å²) >= 11 is 0. The van der Waals surface area contributed by atoms with E-state index in [9.17, 15) is 14.4 Å². The summed E-state index contributed by atoms with van der Waals surface area (Å²) in [6.07, 6.45) is 2.94. The zero-order chi connectivity index (χ0) is 15.0. The molecule has 1 unspecified atom stereocenters. The summed E-state index contributed by atoms with van der Waals surface area (Å²) in [4.78, 5) is 35.7. The summed E-state index contributed by atoms with van der Waals surface area (Å²) in [5, 5.41) is 13.9. The van der Waals surface area contributed by atoms with Crippen molar-refractivity contribution in [1.29, 1.82) is 0 Å². The van der Waals surface area contributed by atoms with Crippen molar-refractivity contribution in [1.82, 2.24) is 15.5 Å². The van der Waals surface area contributed by atoms with Gasteiger partial charge in [-0.25, -0.2) is 4.79 Å². The van der Waals surface area contributed by atoms with Crippen LogP contribution in [0.1, 0.15) is 39.0 Å². The van der Waals surface area contributed by atoms with E-state index >= 15 is 0 Å². The van der Waals surface area contributed by atoms with Crippen LogP contribution in [0.5, 0.6) is 0 Å². The van der Waals surface area contributed by atoms with E-state index in [1.807, 2.05) is 6.92 Å². The number of hydrogen-bond donors (Lipinski definition) is 3. The van der Waals surface area contributed by atoms with Gasteiger partial charge < -0.3 is 20.6 Å². The number of amides is 3. The number of carboxylic acid groups (broad SMARTS) is 1. The van der Waals surface area contributed by atoms with E-state index in [2.05, 4.69) is 10.6 Å². The predicted molar refractivity (Wildman–Crippen MR) is 73.3 cm³/mol. The number of hydrogen-bond acceptors (Lipinski definition) is 3. The first-order chi connectivity index (χ1) is 9.54. The van der Waals surface area contributed by atoms with Crippen LogP contribution in [0.15, 0.2) is 0 Å². The lowest BCUT2D eigenvalue weighted by Gasteiger charge is -2.35. The van der Waals surface area contributed by atoms with Crippen LogP contribution in [0.25, 0.3) is 0 Å².